The first kappa shape index (κ1) is 14.2. The number of carbonyl (C=O) groups excluding carboxylic acids is 1. The van der Waals surface area contributed by atoms with E-state index in [0.29, 0.717) is 15.7 Å². The third-order valence-corrected chi connectivity index (χ3v) is 3.31. The van der Waals surface area contributed by atoms with E-state index < -0.39 is 0 Å². The van der Waals surface area contributed by atoms with E-state index in [1.165, 1.54) is 0 Å². The van der Waals surface area contributed by atoms with E-state index in [9.17, 15) is 4.79 Å². The number of nitrogens with one attached hydrogen (secondary N) is 1. The molecule has 0 saturated heterocycles. The number of aromatic nitrogens is 1. The first-order valence-electron chi connectivity index (χ1n) is 6.02. The van der Waals surface area contributed by atoms with Crippen molar-refractivity contribution in [3.05, 3.63) is 63.9 Å². The fourth-order valence-electron chi connectivity index (χ4n) is 1.75. The molecular formula is C15H12BrN3O. The highest BCUT2D eigenvalue weighted by Crippen LogP contribution is 2.15. The normalized spacial score (nSPS) is 11.4. The lowest BCUT2D eigenvalue weighted by molar-refractivity contribution is 0.0939. The summed E-state index contributed by atoms with van der Waals surface area (Å²) in [5.74, 6) is -0.162. The van der Waals surface area contributed by atoms with Gasteiger partial charge in [-0.1, -0.05) is 12.1 Å². The highest BCUT2D eigenvalue weighted by atomic mass is 79.9. The molecule has 0 bridgehead atoms. The first-order valence-corrected chi connectivity index (χ1v) is 6.82. The minimum Gasteiger partial charge on any atom is -0.346 e. The van der Waals surface area contributed by atoms with Gasteiger partial charge in [-0.25, -0.2) is 4.98 Å². The van der Waals surface area contributed by atoms with Crippen LogP contribution in [0.5, 0.6) is 0 Å². The maximum atomic E-state index is 12.1. The first-order chi connectivity index (χ1) is 9.60. The van der Waals surface area contributed by atoms with Crippen LogP contribution in [0.4, 0.5) is 0 Å². The van der Waals surface area contributed by atoms with E-state index >= 15 is 0 Å². The fraction of sp³-hybridized carbons (Fsp3) is 0.133. The summed E-state index contributed by atoms with van der Waals surface area (Å²) in [7, 11) is 0. The Labute approximate surface area is 125 Å². The number of carbonyl (C=O) groups is 1. The van der Waals surface area contributed by atoms with Crippen LogP contribution in [0.15, 0.2) is 47.2 Å². The molecule has 1 N–H and O–H groups in total. The van der Waals surface area contributed by atoms with Crippen LogP contribution in [-0.4, -0.2) is 10.9 Å². The zero-order chi connectivity index (χ0) is 14.5. The zero-order valence-electron chi connectivity index (χ0n) is 10.8. The van der Waals surface area contributed by atoms with Gasteiger partial charge in [-0.2, -0.15) is 5.26 Å². The molecule has 1 aromatic carbocycles. The predicted octanol–water partition coefficient (Wildman–Crippen LogP) is 3.21. The number of pyridine rings is 1. The molecule has 4 nitrogen and oxygen atoms in total. The molecule has 0 saturated carbocycles. The van der Waals surface area contributed by atoms with Gasteiger partial charge in [0.2, 0.25) is 0 Å². The van der Waals surface area contributed by atoms with E-state index in [-0.39, 0.29) is 11.9 Å². The number of hydrogen-bond acceptors (Lipinski definition) is 3. The van der Waals surface area contributed by atoms with Gasteiger partial charge in [-0.15, -0.1) is 0 Å². The average Bonchev–Trinajstić information content (AvgIpc) is 2.47. The molecule has 1 aromatic heterocycles. The molecule has 5 heteroatoms. The summed E-state index contributed by atoms with van der Waals surface area (Å²) in [6, 6.07) is 12.4. The van der Waals surface area contributed by atoms with Gasteiger partial charge in [0.05, 0.1) is 17.7 Å². The number of nitriles is 1. The Kier molecular flexibility index (Phi) is 4.49. The number of rotatable bonds is 3. The van der Waals surface area contributed by atoms with Crippen LogP contribution in [0.1, 0.15) is 34.5 Å². The Hall–Kier alpha value is -2.19. The summed E-state index contributed by atoms with van der Waals surface area (Å²) in [6.07, 6.45) is 1.57. The molecular weight excluding hydrogens is 318 g/mol. The molecule has 0 aliphatic heterocycles. The van der Waals surface area contributed by atoms with Crippen molar-refractivity contribution in [3.8, 4) is 6.07 Å². The molecule has 0 fully saturated rings. The number of benzene rings is 1. The second-order valence-electron chi connectivity index (χ2n) is 4.30. The van der Waals surface area contributed by atoms with Gasteiger partial charge in [0.1, 0.15) is 4.60 Å². The number of amides is 1. The van der Waals surface area contributed by atoms with Gasteiger partial charge < -0.3 is 5.32 Å². The number of nitrogens with zero attached hydrogens (tertiary/aromatic N) is 2. The molecule has 0 spiro atoms. The summed E-state index contributed by atoms with van der Waals surface area (Å²) in [5, 5.41) is 11.7. The monoisotopic (exact) mass is 329 g/mol. The van der Waals surface area contributed by atoms with Gasteiger partial charge in [0, 0.05) is 11.8 Å². The second kappa shape index (κ2) is 6.31. The summed E-state index contributed by atoms with van der Waals surface area (Å²) in [6.45, 7) is 1.90. The van der Waals surface area contributed by atoms with Crippen LogP contribution in [0.2, 0.25) is 0 Å². The maximum Gasteiger partial charge on any atom is 0.251 e. The second-order valence-corrected chi connectivity index (χ2v) is 5.11. The zero-order valence-corrected chi connectivity index (χ0v) is 12.4. The van der Waals surface area contributed by atoms with Crippen molar-refractivity contribution >= 4 is 21.8 Å². The van der Waals surface area contributed by atoms with Gasteiger partial charge in [-0.05, 0) is 52.7 Å². The van der Waals surface area contributed by atoms with Gasteiger partial charge in [-0.3, -0.25) is 4.79 Å². The Morgan fingerprint density at radius 3 is 2.65 bits per heavy atom. The Bertz CT molecular complexity index is 662. The van der Waals surface area contributed by atoms with Gasteiger partial charge in [0.15, 0.2) is 0 Å². The van der Waals surface area contributed by atoms with Crippen LogP contribution in [0, 0.1) is 11.3 Å². The third-order valence-electron chi connectivity index (χ3n) is 2.88. The molecule has 2 rings (SSSR count). The summed E-state index contributed by atoms with van der Waals surface area (Å²) < 4.78 is 0.621. The van der Waals surface area contributed by atoms with Crippen molar-refractivity contribution in [3.63, 3.8) is 0 Å². The smallest absolute Gasteiger partial charge is 0.251 e. The van der Waals surface area contributed by atoms with E-state index in [4.69, 9.17) is 5.26 Å². The Morgan fingerprint density at radius 2 is 2.05 bits per heavy atom. The third kappa shape index (κ3) is 3.43. The molecule has 0 aliphatic carbocycles. The van der Waals surface area contributed by atoms with Crippen LogP contribution in [0.25, 0.3) is 0 Å². The van der Waals surface area contributed by atoms with Crippen molar-refractivity contribution in [2.75, 3.05) is 0 Å². The van der Waals surface area contributed by atoms with Gasteiger partial charge in [0.25, 0.3) is 5.91 Å². The molecule has 1 atom stereocenters. The van der Waals surface area contributed by atoms with Crippen LogP contribution < -0.4 is 5.32 Å². The predicted molar refractivity (Wildman–Crippen MR) is 79.0 cm³/mol. The Morgan fingerprint density at radius 1 is 1.35 bits per heavy atom. The quantitative estimate of drug-likeness (QED) is 0.879. The van der Waals surface area contributed by atoms with Crippen LogP contribution in [-0.2, 0) is 0 Å². The van der Waals surface area contributed by atoms with E-state index in [1.54, 1.807) is 30.5 Å². The molecule has 1 unspecified atom stereocenters. The molecule has 1 heterocycles. The summed E-state index contributed by atoms with van der Waals surface area (Å²) in [4.78, 5) is 16.1. The van der Waals surface area contributed by atoms with Crippen LogP contribution >= 0.6 is 15.9 Å². The van der Waals surface area contributed by atoms with Crippen molar-refractivity contribution in [2.24, 2.45) is 0 Å². The van der Waals surface area contributed by atoms with Crippen molar-refractivity contribution in [1.29, 1.82) is 5.26 Å². The van der Waals surface area contributed by atoms with E-state index in [2.05, 4.69) is 32.3 Å². The summed E-state index contributed by atoms with van der Waals surface area (Å²) in [5.41, 5.74) is 2.10. The van der Waals surface area contributed by atoms with Crippen molar-refractivity contribution in [2.45, 2.75) is 13.0 Å². The maximum absolute atomic E-state index is 12.1. The molecule has 0 radical (unpaired) electrons. The Balaban J connectivity index is 2.09. The molecule has 1 amide bonds. The van der Waals surface area contributed by atoms with Crippen molar-refractivity contribution in [1.82, 2.24) is 10.3 Å². The molecule has 20 heavy (non-hydrogen) atoms. The molecule has 2 aromatic rings. The van der Waals surface area contributed by atoms with E-state index in [1.807, 2.05) is 19.1 Å². The topological polar surface area (TPSA) is 65.8 Å². The number of halogens is 1. The lowest BCUT2D eigenvalue weighted by Crippen LogP contribution is -2.26. The molecule has 100 valence electrons. The minimum atomic E-state index is -0.162. The van der Waals surface area contributed by atoms with Crippen molar-refractivity contribution < 1.29 is 4.79 Å². The SMILES string of the molecule is CC(NC(=O)c1ccnc(Br)c1)c1ccc(C#N)cc1. The van der Waals surface area contributed by atoms with E-state index in [0.717, 1.165) is 5.56 Å². The summed E-state index contributed by atoms with van der Waals surface area (Å²) >= 11 is 3.24. The fourth-order valence-corrected chi connectivity index (χ4v) is 2.12. The average molecular weight is 330 g/mol. The standard InChI is InChI=1S/C15H12BrN3O/c1-10(12-4-2-11(9-17)3-5-12)19-15(20)13-6-7-18-14(16)8-13/h2-8,10H,1H3,(H,19,20). The van der Waals surface area contributed by atoms with Gasteiger partial charge >= 0.3 is 0 Å². The minimum absolute atomic E-state index is 0.137. The molecule has 0 aliphatic rings. The number of hydrogen-bond donors (Lipinski definition) is 1. The largest absolute Gasteiger partial charge is 0.346 e. The highest BCUT2D eigenvalue weighted by molar-refractivity contribution is 9.10. The van der Waals surface area contributed by atoms with Crippen LogP contribution in [0.3, 0.4) is 0 Å². The lowest BCUT2D eigenvalue weighted by atomic mass is 10.1. The lowest BCUT2D eigenvalue weighted by Gasteiger charge is -2.14. The highest BCUT2D eigenvalue weighted by Gasteiger charge is 2.11.